The second kappa shape index (κ2) is 7.38. The molecule has 1 aliphatic heterocycles. The van der Waals surface area contributed by atoms with E-state index in [-0.39, 0.29) is 0 Å². The highest BCUT2D eigenvalue weighted by Crippen LogP contribution is 2.30. The van der Waals surface area contributed by atoms with Gasteiger partial charge < -0.3 is 10.1 Å². The molecule has 1 saturated heterocycles. The van der Waals surface area contributed by atoms with E-state index in [1.54, 1.807) is 0 Å². The Morgan fingerprint density at radius 2 is 1.94 bits per heavy atom. The third kappa shape index (κ3) is 4.59. The minimum atomic E-state index is 0.547. The molecule has 0 spiro atoms. The van der Waals surface area contributed by atoms with Gasteiger partial charge in [-0.05, 0) is 44.6 Å². The normalized spacial score (nSPS) is 27.7. The molecule has 0 aromatic rings. The van der Waals surface area contributed by atoms with E-state index in [2.05, 4.69) is 12.2 Å². The van der Waals surface area contributed by atoms with Gasteiger partial charge in [-0.25, -0.2) is 0 Å². The maximum atomic E-state index is 5.79. The number of hydrogen-bond acceptors (Lipinski definition) is 2. The predicted octanol–water partition coefficient (Wildman–Crippen LogP) is 3.50. The molecule has 1 aliphatic carbocycles. The van der Waals surface area contributed by atoms with E-state index in [1.165, 1.54) is 64.3 Å². The van der Waals surface area contributed by atoms with Crippen LogP contribution in [0.2, 0.25) is 0 Å². The molecular weight excluding hydrogens is 210 g/mol. The maximum Gasteiger partial charge on any atom is 0.0590 e. The van der Waals surface area contributed by atoms with Gasteiger partial charge in [0.15, 0.2) is 0 Å². The van der Waals surface area contributed by atoms with Crippen LogP contribution in [0.15, 0.2) is 0 Å². The van der Waals surface area contributed by atoms with Crippen LogP contribution in [0.25, 0.3) is 0 Å². The molecule has 2 aliphatic rings. The third-order valence-electron chi connectivity index (χ3n) is 4.35. The van der Waals surface area contributed by atoms with Crippen LogP contribution in [0, 0.1) is 5.92 Å². The first kappa shape index (κ1) is 13.4. The van der Waals surface area contributed by atoms with Gasteiger partial charge in [0.1, 0.15) is 0 Å². The van der Waals surface area contributed by atoms with Gasteiger partial charge in [-0.1, -0.05) is 32.6 Å². The molecule has 0 aromatic carbocycles. The number of hydrogen-bond donors (Lipinski definition) is 1. The van der Waals surface area contributed by atoms with Crippen LogP contribution in [0.1, 0.15) is 64.7 Å². The van der Waals surface area contributed by atoms with Gasteiger partial charge in [-0.2, -0.15) is 0 Å². The minimum absolute atomic E-state index is 0.547. The molecule has 17 heavy (non-hydrogen) atoms. The Morgan fingerprint density at radius 3 is 2.59 bits per heavy atom. The average molecular weight is 239 g/mol. The molecule has 1 saturated carbocycles. The second-order valence-corrected chi connectivity index (χ2v) is 5.91. The van der Waals surface area contributed by atoms with Crippen LogP contribution in [0.3, 0.4) is 0 Å². The largest absolute Gasteiger partial charge is 0.378 e. The summed E-state index contributed by atoms with van der Waals surface area (Å²) in [7, 11) is 0. The lowest BCUT2D eigenvalue weighted by Gasteiger charge is -2.24. The summed E-state index contributed by atoms with van der Waals surface area (Å²) in [5, 5.41) is 3.74. The van der Waals surface area contributed by atoms with Crippen molar-refractivity contribution in [2.45, 2.75) is 76.9 Å². The highest BCUT2D eigenvalue weighted by molar-refractivity contribution is 4.79. The summed E-state index contributed by atoms with van der Waals surface area (Å²) in [5.41, 5.74) is 0. The first-order valence-electron chi connectivity index (χ1n) is 7.73. The standard InChI is InChI=1S/C15H29NO/c1-2-9-16-14(11-13-6-3-4-7-13)12-15-8-5-10-17-15/h13-16H,2-12H2,1H3. The zero-order valence-corrected chi connectivity index (χ0v) is 11.4. The summed E-state index contributed by atoms with van der Waals surface area (Å²) < 4.78 is 5.79. The molecule has 2 heteroatoms. The van der Waals surface area contributed by atoms with Crippen molar-refractivity contribution in [2.75, 3.05) is 13.2 Å². The summed E-state index contributed by atoms with van der Waals surface area (Å²) in [6.07, 6.45) is 12.8. The second-order valence-electron chi connectivity index (χ2n) is 5.91. The molecule has 2 fully saturated rings. The molecule has 0 amide bonds. The number of nitrogens with one attached hydrogen (secondary N) is 1. The van der Waals surface area contributed by atoms with Gasteiger partial charge >= 0.3 is 0 Å². The van der Waals surface area contributed by atoms with Crippen LogP contribution in [0.4, 0.5) is 0 Å². The van der Waals surface area contributed by atoms with Gasteiger partial charge in [-0.3, -0.25) is 0 Å². The smallest absolute Gasteiger partial charge is 0.0590 e. The third-order valence-corrected chi connectivity index (χ3v) is 4.35. The van der Waals surface area contributed by atoms with Gasteiger partial charge in [0.25, 0.3) is 0 Å². The zero-order chi connectivity index (χ0) is 11.9. The fraction of sp³-hybridized carbons (Fsp3) is 1.00. The zero-order valence-electron chi connectivity index (χ0n) is 11.4. The molecule has 0 bridgehead atoms. The maximum absolute atomic E-state index is 5.79. The Kier molecular flexibility index (Phi) is 5.79. The van der Waals surface area contributed by atoms with E-state index < -0.39 is 0 Å². The van der Waals surface area contributed by atoms with Crippen molar-refractivity contribution in [1.82, 2.24) is 5.32 Å². The molecule has 1 N–H and O–H groups in total. The summed E-state index contributed by atoms with van der Waals surface area (Å²) >= 11 is 0. The summed E-state index contributed by atoms with van der Waals surface area (Å²) in [6, 6.07) is 0.709. The van der Waals surface area contributed by atoms with Crippen molar-refractivity contribution in [3.05, 3.63) is 0 Å². The van der Waals surface area contributed by atoms with Gasteiger partial charge in [-0.15, -0.1) is 0 Å². The first-order valence-corrected chi connectivity index (χ1v) is 7.73. The Labute approximate surface area is 107 Å². The molecule has 2 rings (SSSR count). The summed E-state index contributed by atoms with van der Waals surface area (Å²) in [5.74, 6) is 0.991. The Bertz CT molecular complexity index is 177. The molecule has 100 valence electrons. The van der Waals surface area contributed by atoms with E-state index in [0.29, 0.717) is 12.1 Å². The highest BCUT2D eigenvalue weighted by Gasteiger charge is 2.24. The topological polar surface area (TPSA) is 21.3 Å². The Balaban J connectivity index is 1.74. The van der Waals surface area contributed by atoms with E-state index >= 15 is 0 Å². The number of ether oxygens (including phenoxy) is 1. The fourth-order valence-corrected chi connectivity index (χ4v) is 3.41. The van der Waals surface area contributed by atoms with Gasteiger partial charge in [0.05, 0.1) is 6.10 Å². The van der Waals surface area contributed by atoms with Gasteiger partial charge in [0.2, 0.25) is 0 Å². The summed E-state index contributed by atoms with van der Waals surface area (Å²) in [6.45, 7) is 4.42. The molecule has 2 unspecified atom stereocenters. The number of rotatable bonds is 7. The van der Waals surface area contributed by atoms with Crippen molar-refractivity contribution in [3.63, 3.8) is 0 Å². The average Bonchev–Trinajstić information content (AvgIpc) is 2.99. The monoisotopic (exact) mass is 239 g/mol. The molecule has 0 radical (unpaired) electrons. The highest BCUT2D eigenvalue weighted by atomic mass is 16.5. The van der Waals surface area contributed by atoms with Crippen molar-refractivity contribution in [2.24, 2.45) is 5.92 Å². The van der Waals surface area contributed by atoms with Crippen molar-refractivity contribution >= 4 is 0 Å². The lowest BCUT2D eigenvalue weighted by atomic mass is 9.94. The van der Waals surface area contributed by atoms with E-state index in [4.69, 9.17) is 4.74 Å². The molecule has 0 aromatic heterocycles. The summed E-state index contributed by atoms with van der Waals surface area (Å²) in [4.78, 5) is 0. The van der Waals surface area contributed by atoms with Crippen LogP contribution in [0.5, 0.6) is 0 Å². The van der Waals surface area contributed by atoms with Crippen LogP contribution in [-0.4, -0.2) is 25.3 Å². The lowest BCUT2D eigenvalue weighted by molar-refractivity contribution is 0.0915. The van der Waals surface area contributed by atoms with Crippen molar-refractivity contribution in [3.8, 4) is 0 Å². The van der Waals surface area contributed by atoms with E-state index in [9.17, 15) is 0 Å². The minimum Gasteiger partial charge on any atom is -0.378 e. The SMILES string of the molecule is CCCNC(CC1CCCC1)CC1CCCO1. The Hall–Kier alpha value is -0.0800. The van der Waals surface area contributed by atoms with Crippen molar-refractivity contribution < 1.29 is 4.74 Å². The quantitative estimate of drug-likeness (QED) is 0.734. The van der Waals surface area contributed by atoms with Crippen LogP contribution < -0.4 is 5.32 Å². The van der Waals surface area contributed by atoms with Crippen molar-refractivity contribution in [1.29, 1.82) is 0 Å². The van der Waals surface area contributed by atoms with E-state index in [1.807, 2.05) is 0 Å². The molecular formula is C15H29NO. The predicted molar refractivity (Wildman–Crippen MR) is 72.2 cm³/mol. The van der Waals surface area contributed by atoms with Crippen LogP contribution >= 0.6 is 0 Å². The van der Waals surface area contributed by atoms with Gasteiger partial charge in [0, 0.05) is 12.6 Å². The molecule has 2 nitrogen and oxygen atoms in total. The first-order chi connectivity index (χ1) is 8.38. The molecule has 1 heterocycles. The van der Waals surface area contributed by atoms with E-state index in [0.717, 1.165) is 12.5 Å². The fourth-order valence-electron chi connectivity index (χ4n) is 3.41. The van der Waals surface area contributed by atoms with Crippen LogP contribution in [-0.2, 0) is 4.74 Å². The Morgan fingerprint density at radius 1 is 1.12 bits per heavy atom. The molecule has 2 atom stereocenters. The lowest BCUT2D eigenvalue weighted by Crippen LogP contribution is -2.34.